The summed E-state index contributed by atoms with van der Waals surface area (Å²) < 4.78 is 0. The zero-order chi connectivity index (χ0) is 17.0. The lowest BCUT2D eigenvalue weighted by Crippen LogP contribution is -2.47. The topological polar surface area (TPSA) is 56.8 Å². The maximum atomic E-state index is 12.8. The molecule has 0 spiro atoms. The summed E-state index contributed by atoms with van der Waals surface area (Å²) in [5.74, 6) is 0.711. The van der Waals surface area contributed by atoms with E-state index >= 15 is 0 Å². The van der Waals surface area contributed by atoms with Crippen LogP contribution in [0.1, 0.15) is 37.0 Å². The van der Waals surface area contributed by atoms with Crippen LogP contribution in [0.15, 0.2) is 18.3 Å². The molecule has 1 unspecified atom stereocenters. The van der Waals surface area contributed by atoms with E-state index in [0.29, 0.717) is 25.2 Å². The van der Waals surface area contributed by atoms with Gasteiger partial charge in [-0.05, 0) is 38.8 Å². The van der Waals surface area contributed by atoms with Gasteiger partial charge in [0.2, 0.25) is 5.91 Å². The molecule has 0 N–H and O–H groups in total. The number of aromatic nitrogens is 1. The second-order valence-corrected chi connectivity index (χ2v) is 5.96. The Kier molecular flexibility index (Phi) is 5.58. The van der Waals surface area contributed by atoms with Gasteiger partial charge in [-0.2, -0.15) is 0 Å². The third kappa shape index (κ3) is 3.63. The molecule has 1 aliphatic rings. The SMILES string of the molecule is CCN(CC)C(=O)C1CCCN1C(=O)c1ccnc(N(C)C)c1. The van der Waals surface area contributed by atoms with Crippen LogP contribution in [0.3, 0.4) is 0 Å². The van der Waals surface area contributed by atoms with Gasteiger partial charge in [-0.1, -0.05) is 0 Å². The number of likely N-dealkylation sites (tertiary alicyclic amines) is 1. The van der Waals surface area contributed by atoms with Crippen molar-refractivity contribution >= 4 is 17.6 Å². The number of carbonyl (C=O) groups is 2. The molecular formula is C17H26N4O2. The van der Waals surface area contributed by atoms with Crippen molar-refractivity contribution < 1.29 is 9.59 Å². The van der Waals surface area contributed by atoms with Gasteiger partial charge in [0, 0.05) is 45.5 Å². The zero-order valence-corrected chi connectivity index (χ0v) is 14.5. The molecule has 6 nitrogen and oxygen atoms in total. The van der Waals surface area contributed by atoms with Gasteiger partial charge >= 0.3 is 0 Å². The fraction of sp³-hybridized carbons (Fsp3) is 0.588. The summed E-state index contributed by atoms with van der Waals surface area (Å²) in [5, 5.41) is 0. The van der Waals surface area contributed by atoms with Crippen LogP contribution in [0.5, 0.6) is 0 Å². The molecule has 0 aromatic carbocycles. The summed E-state index contributed by atoms with van der Waals surface area (Å²) in [7, 11) is 3.78. The van der Waals surface area contributed by atoms with Gasteiger partial charge in [0.15, 0.2) is 0 Å². The number of amides is 2. The third-order valence-electron chi connectivity index (χ3n) is 4.32. The molecular weight excluding hydrogens is 292 g/mol. The number of pyridine rings is 1. The number of nitrogens with zero attached hydrogens (tertiary/aromatic N) is 4. The first-order valence-corrected chi connectivity index (χ1v) is 8.22. The fourth-order valence-electron chi connectivity index (χ4n) is 2.97. The van der Waals surface area contributed by atoms with Crippen molar-refractivity contribution in [1.29, 1.82) is 0 Å². The van der Waals surface area contributed by atoms with Gasteiger partial charge in [0.25, 0.3) is 5.91 Å². The normalized spacial score (nSPS) is 17.2. The Bertz CT molecular complexity index is 569. The Morgan fingerprint density at radius 1 is 1.30 bits per heavy atom. The van der Waals surface area contributed by atoms with Crippen molar-refractivity contribution in [3.8, 4) is 0 Å². The quantitative estimate of drug-likeness (QED) is 0.828. The van der Waals surface area contributed by atoms with Crippen LogP contribution in [0, 0.1) is 0 Å². The van der Waals surface area contributed by atoms with Crippen molar-refractivity contribution in [2.75, 3.05) is 38.6 Å². The molecule has 1 saturated heterocycles. The van der Waals surface area contributed by atoms with Crippen LogP contribution in [0.2, 0.25) is 0 Å². The summed E-state index contributed by atoms with van der Waals surface area (Å²) in [6.45, 7) is 5.92. The molecule has 2 rings (SSSR count). The second-order valence-electron chi connectivity index (χ2n) is 5.96. The van der Waals surface area contributed by atoms with Crippen LogP contribution in [-0.2, 0) is 4.79 Å². The van der Waals surface area contributed by atoms with Crippen molar-refractivity contribution in [3.05, 3.63) is 23.9 Å². The van der Waals surface area contributed by atoms with Crippen molar-refractivity contribution in [1.82, 2.24) is 14.8 Å². The van der Waals surface area contributed by atoms with Crippen molar-refractivity contribution in [2.45, 2.75) is 32.7 Å². The van der Waals surface area contributed by atoms with E-state index in [1.54, 1.807) is 28.1 Å². The van der Waals surface area contributed by atoms with Crippen LogP contribution in [-0.4, -0.2) is 66.4 Å². The molecule has 1 fully saturated rings. The Morgan fingerprint density at radius 3 is 2.61 bits per heavy atom. The lowest BCUT2D eigenvalue weighted by molar-refractivity contribution is -0.134. The summed E-state index contributed by atoms with van der Waals surface area (Å²) in [6.07, 6.45) is 3.25. The molecule has 1 aromatic rings. The van der Waals surface area contributed by atoms with Crippen LogP contribution < -0.4 is 4.90 Å². The number of rotatable bonds is 5. The molecule has 1 aromatic heterocycles. The van der Waals surface area contributed by atoms with Crippen molar-refractivity contribution in [2.24, 2.45) is 0 Å². The molecule has 1 atom stereocenters. The van der Waals surface area contributed by atoms with E-state index in [1.807, 2.05) is 32.8 Å². The first kappa shape index (κ1) is 17.2. The number of anilines is 1. The monoisotopic (exact) mass is 318 g/mol. The van der Waals surface area contributed by atoms with Crippen molar-refractivity contribution in [3.63, 3.8) is 0 Å². The van der Waals surface area contributed by atoms with E-state index in [2.05, 4.69) is 4.98 Å². The molecule has 2 amide bonds. The highest BCUT2D eigenvalue weighted by molar-refractivity contribution is 5.98. The maximum absolute atomic E-state index is 12.8. The van der Waals surface area contributed by atoms with E-state index in [9.17, 15) is 9.59 Å². The molecule has 126 valence electrons. The Balaban J connectivity index is 2.21. The molecule has 1 aliphatic heterocycles. The predicted molar refractivity (Wildman–Crippen MR) is 90.6 cm³/mol. The largest absolute Gasteiger partial charge is 0.363 e. The summed E-state index contributed by atoms with van der Waals surface area (Å²) in [5.41, 5.74) is 0.586. The smallest absolute Gasteiger partial charge is 0.254 e. The van der Waals surface area contributed by atoms with Crippen LogP contribution >= 0.6 is 0 Å². The van der Waals surface area contributed by atoms with Crippen LogP contribution in [0.4, 0.5) is 5.82 Å². The van der Waals surface area contributed by atoms with E-state index in [0.717, 1.165) is 18.7 Å². The first-order valence-electron chi connectivity index (χ1n) is 8.22. The van der Waals surface area contributed by atoms with Crippen LogP contribution in [0.25, 0.3) is 0 Å². The summed E-state index contributed by atoms with van der Waals surface area (Å²) >= 11 is 0. The highest BCUT2D eigenvalue weighted by Gasteiger charge is 2.36. The van der Waals surface area contributed by atoms with Gasteiger partial charge in [0.1, 0.15) is 11.9 Å². The minimum Gasteiger partial charge on any atom is -0.363 e. The molecule has 2 heterocycles. The minimum absolute atomic E-state index is 0.0581. The van der Waals surface area contributed by atoms with E-state index in [4.69, 9.17) is 0 Å². The standard InChI is InChI=1S/C17H26N4O2/c1-5-20(6-2)17(23)14-8-7-11-21(14)16(22)13-9-10-18-15(12-13)19(3)4/h9-10,12,14H,5-8,11H2,1-4H3. The Hall–Kier alpha value is -2.11. The average Bonchev–Trinajstić information content (AvgIpc) is 3.04. The highest BCUT2D eigenvalue weighted by atomic mass is 16.2. The van der Waals surface area contributed by atoms with Gasteiger partial charge in [0.05, 0.1) is 0 Å². The predicted octanol–water partition coefficient (Wildman–Crippen LogP) is 1.62. The molecule has 0 aliphatic carbocycles. The lowest BCUT2D eigenvalue weighted by Gasteiger charge is -2.29. The first-order chi connectivity index (χ1) is 11.0. The fourth-order valence-corrected chi connectivity index (χ4v) is 2.97. The zero-order valence-electron chi connectivity index (χ0n) is 14.5. The lowest BCUT2D eigenvalue weighted by atomic mass is 10.1. The van der Waals surface area contributed by atoms with E-state index in [-0.39, 0.29) is 17.9 Å². The maximum Gasteiger partial charge on any atom is 0.254 e. The van der Waals surface area contributed by atoms with E-state index < -0.39 is 0 Å². The number of hydrogen-bond donors (Lipinski definition) is 0. The van der Waals surface area contributed by atoms with Gasteiger partial charge in [-0.25, -0.2) is 4.98 Å². The molecule has 0 saturated carbocycles. The Labute approximate surface area is 138 Å². The molecule has 23 heavy (non-hydrogen) atoms. The number of carbonyl (C=O) groups excluding carboxylic acids is 2. The molecule has 0 bridgehead atoms. The van der Waals surface area contributed by atoms with E-state index in [1.165, 1.54) is 0 Å². The minimum atomic E-state index is -0.335. The number of hydrogen-bond acceptors (Lipinski definition) is 4. The van der Waals surface area contributed by atoms with Gasteiger partial charge < -0.3 is 14.7 Å². The third-order valence-corrected chi connectivity index (χ3v) is 4.32. The van der Waals surface area contributed by atoms with Gasteiger partial charge in [-0.15, -0.1) is 0 Å². The Morgan fingerprint density at radius 2 is 2.00 bits per heavy atom. The summed E-state index contributed by atoms with van der Waals surface area (Å²) in [6, 6.07) is 3.16. The molecule has 0 radical (unpaired) electrons. The molecule has 6 heteroatoms. The average molecular weight is 318 g/mol. The number of likely N-dealkylation sites (N-methyl/N-ethyl adjacent to an activating group) is 1. The summed E-state index contributed by atoms with van der Waals surface area (Å²) in [4.78, 5) is 35.1. The second kappa shape index (κ2) is 7.44. The highest BCUT2D eigenvalue weighted by Crippen LogP contribution is 2.23. The van der Waals surface area contributed by atoms with Gasteiger partial charge in [-0.3, -0.25) is 9.59 Å².